The third-order valence-electron chi connectivity index (χ3n) is 7.76. The summed E-state index contributed by atoms with van der Waals surface area (Å²) in [6, 6.07) is 16.4. The van der Waals surface area contributed by atoms with Gasteiger partial charge in [0.15, 0.2) is 9.84 Å². The third-order valence-corrected chi connectivity index (χ3v) is 11.0. The van der Waals surface area contributed by atoms with Gasteiger partial charge in [0.2, 0.25) is 0 Å². The van der Waals surface area contributed by atoms with E-state index in [-0.39, 0.29) is 41.8 Å². The Morgan fingerprint density at radius 3 is 2.05 bits per heavy atom. The number of anilines is 1. The van der Waals surface area contributed by atoms with Gasteiger partial charge in [-0.1, -0.05) is 36.4 Å². The average molecular weight is 683 g/mol. The van der Waals surface area contributed by atoms with Gasteiger partial charge in [-0.15, -0.1) is 0 Å². The molecular weight excluding hydrogens is 662 g/mol. The minimum Gasteiger partial charge on any atom is -0.367 e. The maximum atomic E-state index is 14.9. The van der Waals surface area contributed by atoms with Crippen molar-refractivity contribution in [1.29, 1.82) is 0 Å². The highest BCUT2D eigenvalue weighted by molar-refractivity contribution is 14.1. The Hall–Kier alpha value is -2.35. The molecule has 3 aromatic rings. The monoisotopic (exact) mass is 683 g/mol. The molecule has 1 aliphatic heterocycles. The van der Waals surface area contributed by atoms with Crippen LogP contribution in [0.4, 0.5) is 36.4 Å². The summed E-state index contributed by atoms with van der Waals surface area (Å²) in [4.78, 5) is 1.91. The van der Waals surface area contributed by atoms with E-state index >= 15 is 0 Å². The third kappa shape index (κ3) is 4.15. The number of fused-ring (bicyclic) bond motifs is 3. The Labute approximate surface area is 234 Å². The van der Waals surface area contributed by atoms with Crippen LogP contribution in [0.1, 0.15) is 29.5 Å². The number of benzene rings is 3. The molecule has 0 unspecified atom stereocenters. The lowest BCUT2D eigenvalue weighted by molar-refractivity contribution is -0.348. The van der Waals surface area contributed by atoms with E-state index in [1.165, 1.54) is 12.1 Å². The molecule has 0 N–H and O–H groups in total. The van der Waals surface area contributed by atoms with Crippen molar-refractivity contribution in [1.82, 2.24) is 0 Å². The fourth-order valence-corrected chi connectivity index (χ4v) is 8.71. The fourth-order valence-electron chi connectivity index (χ4n) is 5.98. The summed E-state index contributed by atoms with van der Waals surface area (Å²) in [6.45, 7) is 0.289. The zero-order valence-corrected chi connectivity index (χ0v) is 23.0. The number of alkyl halides is 7. The van der Waals surface area contributed by atoms with Gasteiger partial charge < -0.3 is 4.90 Å². The summed E-state index contributed by atoms with van der Waals surface area (Å²) in [5.41, 5.74) is -6.40. The normalized spacial score (nSPS) is 21.9. The molecule has 12 heteroatoms. The van der Waals surface area contributed by atoms with Gasteiger partial charge in [-0.2, -0.15) is 26.3 Å². The second-order valence-electron chi connectivity index (χ2n) is 9.71. The number of nitrogens with zero attached hydrogens (tertiary/aromatic N) is 1. The maximum absolute atomic E-state index is 14.9. The Morgan fingerprint density at radius 2 is 1.46 bits per heavy atom. The first kappa shape index (κ1) is 28.2. The number of hydrogen-bond donors (Lipinski definition) is 0. The summed E-state index contributed by atoms with van der Waals surface area (Å²) in [7, 11) is -4.22. The van der Waals surface area contributed by atoms with Crippen LogP contribution in [0.5, 0.6) is 0 Å². The predicted octanol–water partition coefficient (Wildman–Crippen LogP) is 7.47. The smallest absolute Gasteiger partial charge is 0.367 e. The molecule has 5 rings (SSSR count). The zero-order valence-electron chi connectivity index (χ0n) is 20.0. The Bertz CT molecular complexity index is 1480. The van der Waals surface area contributed by atoms with Gasteiger partial charge in [-0.25, -0.2) is 12.8 Å². The van der Waals surface area contributed by atoms with Crippen LogP contribution in [0.3, 0.4) is 0 Å². The first-order chi connectivity index (χ1) is 18.1. The predicted molar refractivity (Wildman–Crippen MR) is 140 cm³/mol. The van der Waals surface area contributed by atoms with Crippen molar-refractivity contribution in [2.75, 3.05) is 11.4 Å². The van der Waals surface area contributed by atoms with Crippen LogP contribution in [-0.4, -0.2) is 33.4 Å². The van der Waals surface area contributed by atoms with Crippen LogP contribution in [0, 0.1) is 3.57 Å². The molecule has 3 aromatic carbocycles. The van der Waals surface area contributed by atoms with Crippen molar-refractivity contribution in [3.05, 3.63) is 93.1 Å². The van der Waals surface area contributed by atoms with Crippen LogP contribution in [0.25, 0.3) is 0 Å². The first-order valence-corrected chi connectivity index (χ1v) is 14.5. The number of hydrogen-bond acceptors (Lipinski definition) is 3. The van der Waals surface area contributed by atoms with E-state index in [4.69, 9.17) is 0 Å². The van der Waals surface area contributed by atoms with E-state index in [9.17, 15) is 39.2 Å². The van der Waals surface area contributed by atoms with E-state index in [1.54, 1.807) is 30.3 Å². The number of rotatable bonds is 4. The van der Waals surface area contributed by atoms with Crippen molar-refractivity contribution in [2.45, 2.75) is 53.0 Å². The van der Waals surface area contributed by atoms with Gasteiger partial charge in [-0.3, -0.25) is 0 Å². The van der Waals surface area contributed by atoms with Crippen LogP contribution in [0.2, 0.25) is 0 Å². The van der Waals surface area contributed by atoms with Crippen LogP contribution < -0.4 is 4.90 Å². The van der Waals surface area contributed by atoms with Crippen molar-refractivity contribution in [3.63, 3.8) is 0 Å². The summed E-state index contributed by atoms with van der Waals surface area (Å²) < 4.78 is 124. The summed E-state index contributed by atoms with van der Waals surface area (Å²) in [5.74, 6) is 0. The average Bonchev–Trinajstić information content (AvgIpc) is 3.29. The van der Waals surface area contributed by atoms with Crippen LogP contribution >= 0.6 is 22.6 Å². The highest BCUT2D eigenvalue weighted by atomic mass is 127. The molecular formula is C27H21F7INO2S. The molecule has 0 radical (unpaired) electrons. The molecule has 1 saturated heterocycles. The molecule has 2 atom stereocenters. The minimum absolute atomic E-state index is 0.00910. The fraction of sp³-hybridized carbons (Fsp3) is 0.333. The second kappa shape index (κ2) is 9.35. The quantitative estimate of drug-likeness (QED) is 0.212. The molecule has 0 spiro atoms. The molecule has 1 heterocycles. The Morgan fingerprint density at radius 1 is 0.846 bits per heavy atom. The maximum Gasteiger partial charge on any atom is 0.435 e. The standard InChI is InChI=1S/C27H21F7INO2S/c28-25(26(29,30)31,27(32,33)34)18-7-12-22-17(16-18)6-13-23-24(22,14-15-36(23)20-4-2-1-3-5-20)39(37,38)21-10-8-19(35)9-11-21/h1-5,7-12,16,23H,6,13-15H2/t23-,24-/m1/s1. The van der Waals surface area contributed by atoms with Crippen molar-refractivity contribution < 1.29 is 39.2 Å². The number of aryl methyl sites for hydroxylation is 1. The topological polar surface area (TPSA) is 37.4 Å². The molecule has 39 heavy (non-hydrogen) atoms. The lowest BCUT2D eigenvalue weighted by Crippen LogP contribution is -2.52. The lowest BCUT2D eigenvalue weighted by atomic mass is 9.76. The summed E-state index contributed by atoms with van der Waals surface area (Å²) in [6.07, 6.45) is -12.4. The van der Waals surface area contributed by atoms with Gasteiger partial charge in [0.1, 0.15) is 4.75 Å². The first-order valence-electron chi connectivity index (χ1n) is 11.9. The van der Waals surface area contributed by atoms with Gasteiger partial charge in [-0.05, 0) is 89.4 Å². The summed E-state index contributed by atoms with van der Waals surface area (Å²) in [5, 5.41) is 0. The minimum atomic E-state index is -6.26. The molecule has 3 nitrogen and oxygen atoms in total. The number of halogens is 8. The van der Waals surface area contributed by atoms with Crippen molar-refractivity contribution in [2.24, 2.45) is 0 Å². The van der Waals surface area contributed by atoms with Crippen molar-refractivity contribution >= 4 is 38.1 Å². The largest absolute Gasteiger partial charge is 0.435 e. The molecule has 0 saturated carbocycles. The zero-order chi connectivity index (χ0) is 28.4. The molecule has 208 valence electrons. The Balaban J connectivity index is 1.73. The molecule has 1 fully saturated rings. The van der Waals surface area contributed by atoms with Gasteiger partial charge >= 0.3 is 18.0 Å². The highest BCUT2D eigenvalue weighted by Crippen LogP contribution is 2.57. The van der Waals surface area contributed by atoms with Gasteiger partial charge in [0, 0.05) is 21.4 Å². The SMILES string of the molecule is O=S(=O)(c1ccc(I)cc1)[C@@]12CCN(c3ccccc3)[C@@H]1CCc1cc(C(F)(C(F)(F)F)C(F)(F)F)ccc12. The van der Waals surface area contributed by atoms with Gasteiger partial charge in [0.05, 0.1) is 10.9 Å². The van der Waals surface area contributed by atoms with Gasteiger partial charge in [0.25, 0.3) is 0 Å². The molecule has 2 aliphatic rings. The van der Waals surface area contributed by atoms with E-state index in [1.807, 2.05) is 39.6 Å². The number of sulfone groups is 1. The molecule has 0 bridgehead atoms. The van der Waals surface area contributed by atoms with Crippen molar-refractivity contribution in [3.8, 4) is 0 Å². The highest BCUT2D eigenvalue weighted by Gasteiger charge is 2.73. The molecule has 0 aromatic heterocycles. The van der Waals surface area contributed by atoms with E-state index < -0.39 is 44.2 Å². The van der Waals surface area contributed by atoms with Crippen LogP contribution in [0.15, 0.2) is 77.7 Å². The Kier molecular flexibility index (Phi) is 6.76. The lowest BCUT2D eigenvalue weighted by Gasteiger charge is -2.43. The van der Waals surface area contributed by atoms with E-state index in [0.717, 1.165) is 15.3 Å². The summed E-state index contributed by atoms with van der Waals surface area (Å²) >= 11 is 2.02. The second-order valence-corrected chi connectivity index (χ2v) is 13.2. The van der Waals surface area contributed by atoms with E-state index in [0.29, 0.717) is 12.1 Å². The molecule has 0 amide bonds. The number of para-hydroxylation sites is 1. The molecule has 1 aliphatic carbocycles. The van der Waals surface area contributed by atoms with E-state index in [2.05, 4.69) is 0 Å². The van der Waals surface area contributed by atoms with Crippen LogP contribution in [-0.2, 0) is 26.7 Å².